The molecule has 0 bridgehead atoms. The molecular formula is C6H17O3S2Si2. The first-order valence-corrected chi connectivity index (χ1v) is 8.08. The monoisotopic (exact) mass is 257 g/mol. The maximum Gasteiger partial charge on any atom is 0.500 e. The summed E-state index contributed by atoms with van der Waals surface area (Å²) < 4.78 is 15.6. The van der Waals surface area contributed by atoms with E-state index in [9.17, 15) is 0 Å². The van der Waals surface area contributed by atoms with E-state index in [0.717, 1.165) is 18.2 Å². The van der Waals surface area contributed by atoms with Crippen molar-refractivity contribution in [2.45, 2.75) is 12.5 Å². The van der Waals surface area contributed by atoms with E-state index in [-0.39, 0.29) is 0 Å². The molecule has 0 aromatic carbocycles. The molecule has 0 aromatic rings. The molecule has 7 heteroatoms. The van der Waals surface area contributed by atoms with Gasteiger partial charge in [-0.3, -0.25) is 0 Å². The van der Waals surface area contributed by atoms with Gasteiger partial charge < -0.3 is 13.3 Å². The summed E-state index contributed by atoms with van der Waals surface area (Å²) in [5.74, 6) is 0.838. The molecule has 0 saturated heterocycles. The molecule has 0 unspecified atom stereocenters. The molecule has 0 N–H and O–H groups in total. The van der Waals surface area contributed by atoms with Crippen LogP contribution in [-0.2, 0) is 13.3 Å². The summed E-state index contributed by atoms with van der Waals surface area (Å²) >= 11 is 7.44. The van der Waals surface area contributed by atoms with Gasteiger partial charge in [-0.15, -0.1) is 0 Å². The lowest BCUT2D eigenvalue weighted by Crippen LogP contribution is -2.42. The molecule has 0 fully saturated rings. The fourth-order valence-electron chi connectivity index (χ4n) is 0.852. The molecule has 0 rings (SSSR count). The Morgan fingerprint density at radius 1 is 1.08 bits per heavy atom. The van der Waals surface area contributed by atoms with E-state index in [1.807, 2.05) is 0 Å². The highest BCUT2D eigenvalue weighted by molar-refractivity contribution is 8.03. The molecule has 0 aliphatic carbocycles. The second kappa shape index (κ2) is 11.1. The van der Waals surface area contributed by atoms with Crippen LogP contribution < -0.4 is 0 Å². The van der Waals surface area contributed by atoms with Crippen LogP contribution in [0.2, 0.25) is 6.04 Å². The maximum atomic E-state index is 5.20. The van der Waals surface area contributed by atoms with Crippen molar-refractivity contribution in [2.24, 2.45) is 0 Å². The molecule has 0 aliphatic rings. The quantitative estimate of drug-likeness (QED) is 0.553. The SMILES string of the molecule is CO[Si](CCCS)(OC)OC.[Si]S. The first-order valence-electron chi connectivity index (χ1n) is 3.73. The van der Waals surface area contributed by atoms with E-state index < -0.39 is 8.80 Å². The summed E-state index contributed by atoms with van der Waals surface area (Å²) in [6.45, 7) is 0. The third kappa shape index (κ3) is 7.00. The zero-order chi connectivity index (χ0) is 10.7. The van der Waals surface area contributed by atoms with Crippen LogP contribution in [0.25, 0.3) is 0 Å². The van der Waals surface area contributed by atoms with Gasteiger partial charge in [0.25, 0.3) is 0 Å². The van der Waals surface area contributed by atoms with Gasteiger partial charge in [0.05, 0.1) is 0 Å². The van der Waals surface area contributed by atoms with Crippen LogP contribution in [0.15, 0.2) is 0 Å². The van der Waals surface area contributed by atoms with Gasteiger partial charge in [0, 0.05) is 27.4 Å². The van der Waals surface area contributed by atoms with Gasteiger partial charge in [-0.1, -0.05) is 0 Å². The predicted molar refractivity (Wildman–Crippen MR) is 64.8 cm³/mol. The molecule has 0 aromatic heterocycles. The average molecular weight is 258 g/mol. The average Bonchev–Trinajstić information content (AvgIpc) is 2.24. The molecular weight excluding hydrogens is 240 g/mol. The smallest absolute Gasteiger partial charge is 0.377 e. The third-order valence-corrected chi connectivity index (χ3v) is 4.72. The molecule has 0 spiro atoms. The van der Waals surface area contributed by atoms with Crippen molar-refractivity contribution >= 4 is 42.9 Å². The number of rotatable bonds is 6. The van der Waals surface area contributed by atoms with Crippen LogP contribution in [0.1, 0.15) is 6.42 Å². The third-order valence-electron chi connectivity index (χ3n) is 1.57. The van der Waals surface area contributed by atoms with Crippen molar-refractivity contribution in [3.05, 3.63) is 0 Å². The molecule has 3 radical (unpaired) electrons. The van der Waals surface area contributed by atoms with Gasteiger partial charge in [0.1, 0.15) is 9.39 Å². The topological polar surface area (TPSA) is 27.7 Å². The lowest BCUT2D eigenvalue weighted by atomic mass is 10.6. The Morgan fingerprint density at radius 3 is 1.69 bits per heavy atom. The van der Waals surface area contributed by atoms with E-state index in [2.05, 4.69) is 34.1 Å². The maximum absolute atomic E-state index is 5.20. The van der Waals surface area contributed by atoms with E-state index in [0.29, 0.717) is 0 Å². The van der Waals surface area contributed by atoms with Crippen molar-refractivity contribution in [1.82, 2.24) is 0 Å². The molecule has 79 valence electrons. The Kier molecular flexibility index (Phi) is 14.0. The largest absolute Gasteiger partial charge is 0.500 e. The zero-order valence-corrected chi connectivity index (χ0v) is 12.0. The lowest BCUT2D eigenvalue weighted by Gasteiger charge is -2.23. The molecule has 0 atom stereocenters. The normalized spacial score (nSPS) is 10.6. The van der Waals surface area contributed by atoms with Crippen molar-refractivity contribution in [3.63, 3.8) is 0 Å². The minimum Gasteiger partial charge on any atom is -0.377 e. The second-order valence-electron chi connectivity index (χ2n) is 2.12. The minimum absolute atomic E-state index is 0.833. The summed E-state index contributed by atoms with van der Waals surface area (Å²) in [5, 5.41) is 0. The van der Waals surface area contributed by atoms with Crippen LogP contribution in [0.5, 0.6) is 0 Å². The van der Waals surface area contributed by atoms with Crippen molar-refractivity contribution < 1.29 is 13.3 Å². The number of thiol groups is 2. The van der Waals surface area contributed by atoms with Crippen molar-refractivity contribution in [3.8, 4) is 0 Å². The molecule has 0 saturated carbocycles. The second-order valence-corrected chi connectivity index (χ2v) is 5.66. The Hall–Kier alpha value is 1.01. The summed E-state index contributed by atoms with van der Waals surface area (Å²) in [5.41, 5.74) is 0. The van der Waals surface area contributed by atoms with Crippen molar-refractivity contribution in [1.29, 1.82) is 0 Å². The fraction of sp³-hybridized carbons (Fsp3) is 1.00. The van der Waals surface area contributed by atoms with Crippen LogP contribution in [0, 0.1) is 0 Å². The van der Waals surface area contributed by atoms with E-state index in [1.165, 1.54) is 0 Å². The van der Waals surface area contributed by atoms with Gasteiger partial charge in [-0.2, -0.15) is 12.6 Å². The molecule has 3 nitrogen and oxygen atoms in total. The zero-order valence-electron chi connectivity index (χ0n) is 8.24. The Balaban J connectivity index is 0. The molecule has 13 heavy (non-hydrogen) atoms. The summed E-state index contributed by atoms with van der Waals surface area (Å²) in [4.78, 5) is 0. The first kappa shape index (κ1) is 16.4. The lowest BCUT2D eigenvalue weighted by molar-refractivity contribution is 0.123. The van der Waals surface area contributed by atoms with Crippen LogP contribution >= 0.6 is 24.7 Å². The molecule has 0 amide bonds. The van der Waals surface area contributed by atoms with Gasteiger partial charge in [0.2, 0.25) is 0 Å². The van der Waals surface area contributed by atoms with Crippen LogP contribution in [0.4, 0.5) is 0 Å². The highest BCUT2D eigenvalue weighted by Crippen LogP contribution is 2.14. The molecule has 0 aliphatic heterocycles. The van der Waals surface area contributed by atoms with E-state index >= 15 is 0 Å². The summed E-state index contributed by atoms with van der Waals surface area (Å²) in [7, 11) is 5.25. The van der Waals surface area contributed by atoms with E-state index in [4.69, 9.17) is 13.3 Å². The highest BCUT2D eigenvalue weighted by atomic mass is 32.3. The van der Waals surface area contributed by atoms with Gasteiger partial charge in [-0.25, -0.2) is 12.1 Å². The van der Waals surface area contributed by atoms with Crippen molar-refractivity contribution in [2.75, 3.05) is 27.1 Å². The fourth-order valence-corrected chi connectivity index (χ4v) is 3.03. The van der Waals surface area contributed by atoms with Gasteiger partial charge >= 0.3 is 8.80 Å². The van der Waals surface area contributed by atoms with E-state index in [1.54, 1.807) is 21.3 Å². The number of hydrogen-bond acceptors (Lipinski definition) is 5. The van der Waals surface area contributed by atoms with Gasteiger partial charge in [-0.05, 0) is 12.2 Å². The van der Waals surface area contributed by atoms with Crippen LogP contribution in [0.3, 0.4) is 0 Å². The molecule has 0 heterocycles. The summed E-state index contributed by atoms with van der Waals surface area (Å²) in [6.07, 6.45) is 0.963. The first-order chi connectivity index (χ1) is 6.24. The Labute approximate surface area is 95.8 Å². The summed E-state index contributed by atoms with van der Waals surface area (Å²) in [6, 6.07) is 0.833. The van der Waals surface area contributed by atoms with Gasteiger partial charge in [0.15, 0.2) is 0 Å². The minimum atomic E-state index is -2.29. The Bertz CT molecular complexity index is 95.6. The standard InChI is InChI=1S/C6H16O3SSi.HSSi/c1-7-11(8-2,9-3)6-4-5-10;1-2/h10H,4-6H2,1-3H3;1H. The highest BCUT2D eigenvalue weighted by Gasteiger charge is 2.36. The number of hydrogen-bond donors (Lipinski definition) is 2. The predicted octanol–water partition coefficient (Wildman–Crippen LogP) is 1.18. The Morgan fingerprint density at radius 2 is 1.46 bits per heavy atom. The van der Waals surface area contributed by atoms with Crippen LogP contribution in [-0.4, -0.2) is 45.3 Å².